The summed E-state index contributed by atoms with van der Waals surface area (Å²) in [4.78, 5) is 0. The van der Waals surface area contributed by atoms with Gasteiger partial charge in [0.2, 0.25) is 0 Å². The van der Waals surface area contributed by atoms with Crippen LogP contribution in [0.25, 0.3) is 0 Å². The summed E-state index contributed by atoms with van der Waals surface area (Å²) in [6.07, 6.45) is 0. The quantitative estimate of drug-likeness (QED) is 0.786. The highest BCUT2D eigenvalue weighted by Crippen LogP contribution is 2.26. The summed E-state index contributed by atoms with van der Waals surface area (Å²) < 4.78 is 0. The summed E-state index contributed by atoms with van der Waals surface area (Å²) in [5, 5.41) is 12.4. The predicted molar refractivity (Wildman–Crippen MR) is 74.8 cm³/mol. The Morgan fingerprint density at radius 3 is 2.61 bits per heavy atom. The zero-order valence-electron chi connectivity index (χ0n) is 10.5. The van der Waals surface area contributed by atoms with E-state index < -0.39 is 0 Å². The molecule has 0 saturated heterocycles. The van der Waals surface area contributed by atoms with Gasteiger partial charge in [-0.1, -0.05) is 12.1 Å². The molecule has 0 amide bonds. The lowest BCUT2D eigenvalue weighted by atomic mass is 10.1. The molecule has 2 aromatic rings. The largest absolute Gasteiger partial charge is 0.399 e. The minimum atomic E-state index is 0.552. The van der Waals surface area contributed by atoms with E-state index in [0.717, 1.165) is 11.4 Å². The van der Waals surface area contributed by atoms with Gasteiger partial charge in [0, 0.05) is 11.4 Å². The number of anilines is 3. The molecule has 0 fully saturated rings. The van der Waals surface area contributed by atoms with Crippen LogP contribution in [0.15, 0.2) is 36.4 Å². The average Bonchev–Trinajstić information content (AvgIpc) is 2.37. The monoisotopic (exact) mass is 237 g/mol. The zero-order valence-corrected chi connectivity index (χ0v) is 10.5. The molecule has 2 rings (SSSR count). The second-order valence-electron chi connectivity index (χ2n) is 4.29. The number of benzene rings is 2. The number of nitrogen functional groups attached to an aromatic ring is 1. The predicted octanol–water partition coefficient (Wildman–Crippen LogP) is 3.50. The first-order valence-electron chi connectivity index (χ1n) is 5.74. The highest BCUT2D eigenvalue weighted by Gasteiger charge is 2.05. The number of hydrogen-bond donors (Lipinski definition) is 2. The second kappa shape index (κ2) is 4.80. The van der Waals surface area contributed by atoms with E-state index in [-0.39, 0.29) is 0 Å². The molecular weight excluding hydrogens is 222 g/mol. The van der Waals surface area contributed by atoms with Crippen molar-refractivity contribution in [3.63, 3.8) is 0 Å². The van der Waals surface area contributed by atoms with Gasteiger partial charge in [-0.15, -0.1) is 0 Å². The van der Waals surface area contributed by atoms with Gasteiger partial charge in [0.25, 0.3) is 0 Å². The fourth-order valence-electron chi connectivity index (χ4n) is 1.79. The smallest absolute Gasteiger partial charge is 0.101 e. The Bertz CT molecular complexity index is 624. The maximum atomic E-state index is 9.10. The molecule has 3 nitrogen and oxygen atoms in total. The van der Waals surface area contributed by atoms with Crippen LogP contribution < -0.4 is 11.1 Å². The third-order valence-corrected chi connectivity index (χ3v) is 3.04. The van der Waals surface area contributed by atoms with Gasteiger partial charge in [0.05, 0.1) is 11.3 Å². The summed E-state index contributed by atoms with van der Waals surface area (Å²) in [5.74, 6) is 0. The van der Waals surface area contributed by atoms with Gasteiger partial charge in [-0.3, -0.25) is 0 Å². The molecular formula is C15H15N3. The van der Waals surface area contributed by atoms with E-state index in [9.17, 15) is 0 Å². The van der Waals surface area contributed by atoms with Crippen molar-refractivity contribution in [2.75, 3.05) is 11.1 Å². The van der Waals surface area contributed by atoms with Crippen LogP contribution in [0.2, 0.25) is 0 Å². The summed E-state index contributed by atoms with van der Waals surface area (Å²) in [6, 6.07) is 13.5. The number of aryl methyl sites for hydroxylation is 1. The Balaban J connectivity index is 2.41. The molecule has 0 atom stereocenters. The Labute approximate surface area is 107 Å². The molecule has 18 heavy (non-hydrogen) atoms. The summed E-state index contributed by atoms with van der Waals surface area (Å²) in [7, 11) is 0. The number of nitriles is 1. The number of nitrogens with one attached hydrogen (secondary N) is 1. The molecule has 0 heterocycles. The third kappa shape index (κ3) is 2.28. The van der Waals surface area contributed by atoms with Gasteiger partial charge < -0.3 is 11.1 Å². The number of hydrogen-bond acceptors (Lipinski definition) is 3. The third-order valence-electron chi connectivity index (χ3n) is 3.04. The first-order chi connectivity index (χ1) is 8.61. The van der Waals surface area contributed by atoms with Gasteiger partial charge in [-0.2, -0.15) is 5.26 Å². The van der Waals surface area contributed by atoms with Crippen molar-refractivity contribution in [2.45, 2.75) is 13.8 Å². The lowest BCUT2D eigenvalue weighted by Crippen LogP contribution is -1.98. The first-order valence-corrected chi connectivity index (χ1v) is 5.74. The summed E-state index contributed by atoms with van der Waals surface area (Å²) >= 11 is 0. The Hall–Kier alpha value is -2.47. The molecule has 3 heteroatoms. The molecule has 0 aromatic heterocycles. The van der Waals surface area contributed by atoms with Crippen LogP contribution in [0.5, 0.6) is 0 Å². The molecule has 0 aliphatic carbocycles. The van der Waals surface area contributed by atoms with Gasteiger partial charge in [-0.25, -0.2) is 0 Å². The highest BCUT2D eigenvalue weighted by atomic mass is 14.9. The molecule has 0 spiro atoms. The van der Waals surface area contributed by atoms with E-state index in [1.165, 1.54) is 11.1 Å². The van der Waals surface area contributed by atoms with Crippen LogP contribution in [0, 0.1) is 25.2 Å². The topological polar surface area (TPSA) is 61.8 Å². The van der Waals surface area contributed by atoms with E-state index in [0.29, 0.717) is 11.3 Å². The lowest BCUT2D eigenvalue weighted by molar-refractivity contribution is 1.33. The van der Waals surface area contributed by atoms with Gasteiger partial charge in [-0.05, 0) is 49.2 Å². The van der Waals surface area contributed by atoms with E-state index in [4.69, 9.17) is 11.0 Å². The Morgan fingerprint density at radius 1 is 1.11 bits per heavy atom. The minimum absolute atomic E-state index is 0.552. The molecule has 0 unspecified atom stereocenters. The van der Waals surface area contributed by atoms with Crippen LogP contribution in [0.3, 0.4) is 0 Å². The van der Waals surface area contributed by atoms with Crippen molar-refractivity contribution >= 4 is 17.1 Å². The number of nitrogens with zero attached hydrogens (tertiary/aromatic N) is 1. The molecule has 0 radical (unpaired) electrons. The van der Waals surface area contributed by atoms with Crippen LogP contribution >= 0.6 is 0 Å². The fraction of sp³-hybridized carbons (Fsp3) is 0.133. The van der Waals surface area contributed by atoms with Crippen molar-refractivity contribution in [2.24, 2.45) is 0 Å². The van der Waals surface area contributed by atoms with E-state index in [2.05, 4.69) is 31.3 Å². The zero-order chi connectivity index (χ0) is 13.1. The van der Waals surface area contributed by atoms with Gasteiger partial charge in [0.15, 0.2) is 0 Å². The van der Waals surface area contributed by atoms with Gasteiger partial charge in [0.1, 0.15) is 6.07 Å². The average molecular weight is 237 g/mol. The SMILES string of the molecule is Cc1cccc(Nc2ccc(N)cc2C#N)c1C. The molecule has 0 aliphatic heterocycles. The lowest BCUT2D eigenvalue weighted by Gasteiger charge is -2.12. The van der Waals surface area contributed by atoms with Crippen LogP contribution in [-0.2, 0) is 0 Å². The standard InChI is InChI=1S/C15H15N3/c1-10-4-3-5-14(11(10)2)18-15-7-6-13(17)8-12(15)9-16/h3-8,18H,17H2,1-2H3. The molecule has 0 bridgehead atoms. The molecule has 0 saturated carbocycles. The maximum Gasteiger partial charge on any atom is 0.101 e. The molecule has 90 valence electrons. The van der Waals surface area contributed by atoms with E-state index in [1.54, 1.807) is 12.1 Å². The minimum Gasteiger partial charge on any atom is -0.399 e. The van der Waals surface area contributed by atoms with Crippen LogP contribution in [-0.4, -0.2) is 0 Å². The van der Waals surface area contributed by atoms with Crippen LogP contribution in [0.1, 0.15) is 16.7 Å². The summed E-state index contributed by atoms with van der Waals surface area (Å²) in [6.45, 7) is 4.12. The summed E-state index contributed by atoms with van der Waals surface area (Å²) in [5.41, 5.74) is 11.0. The number of rotatable bonds is 2. The molecule has 0 aliphatic rings. The van der Waals surface area contributed by atoms with E-state index in [1.807, 2.05) is 18.2 Å². The van der Waals surface area contributed by atoms with Crippen molar-refractivity contribution in [1.82, 2.24) is 0 Å². The van der Waals surface area contributed by atoms with Crippen LogP contribution in [0.4, 0.5) is 17.1 Å². The maximum absolute atomic E-state index is 9.10. The highest BCUT2D eigenvalue weighted by molar-refractivity contribution is 5.71. The normalized spacial score (nSPS) is 9.83. The van der Waals surface area contributed by atoms with Gasteiger partial charge >= 0.3 is 0 Å². The van der Waals surface area contributed by atoms with Crippen molar-refractivity contribution < 1.29 is 0 Å². The first kappa shape index (κ1) is 12.0. The Morgan fingerprint density at radius 2 is 1.89 bits per heavy atom. The number of nitrogens with two attached hydrogens (primary N) is 1. The second-order valence-corrected chi connectivity index (χ2v) is 4.29. The van der Waals surface area contributed by atoms with Crippen molar-refractivity contribution in [3.8, 4) is 6.07 Å². The van der Waals surface area contributed by atoms with Crippen molar-refractivity contribution in [3.05, 3.63) is 53.1 Å². The molecule has 2 aromatic carbocycles. The Kier molecular flexibility index (Phi) is 3.20. The van der Waals surface area contributed by atoms with E-state index >= 15 is 0 Å². The molecule has 3 N–H and O–H groups in total. The fourth-order valence-corrected chi connectivity index (χ4v) is 1.79. The van der Waals surface area contributed by atoms with Crippen molar-refractivity contribution in [1.29, 1.82) is 5.26 Å².